The van der Waals surface area contributed by atoms with Crippen LogP contribution in [0.3, 0.4) is 0 Å². The van der Waals surface area contributed by atoms with E-state index < -0.39 is 104 Å². The van der Waals surface area contributed by atoms with Crippen molar-refractivity contribution in [3.63, 3.8) is 0 Å². The fourth-order valence-electron chi connectivity index (χ4n) is 2.85. The monoisotopic (exact) mass is 594 g/mol. The molecule has 0 N–H and O–H groups in total. The summed E-state index contributed by atoms with van der Waals surface area (Å²) in [5, 5.41) is 0. The first-order valence-corrected chi connectivity index (χ1v) is 14.6. The van der Waals surface area contributed by atoms with E-state index in [4.69, 9.17) is 11.3 Å². The van der Waals surface area contributed by atoms with Gasteiger partial charge in [0.05, 0.1) is 0 Å². The Labute approximate surface area is 204 Å². The van der Waals surface area contributed by atoms with E-state index in [0.29, 0.717) is 12.8 Å². The van der Waals surface area contributed by atoms with E-state index in [-0.39, 0.29) is 13.2 Å². The number of hydrogen-bond donors (Lipinski definition) is 0. The minimum absolute atomic E-state index is 0.0943. The van der Waals surface area contributed by atoms with Crippen molar-refractivity contribution in [3.8, 4) is 0 Å². The summed E-state index contributed by atoms with van der Waals surface area (Å²) in [7, 11) is 0. The van der Waals surface area contributed by atoms with Crippen LogP contribution < -0.4 is 0 Å². The third-order valence-electron chi connectivity index (χ3n) is 4.90. The molecule has 0 amide bonds. The van der Waals surface area contributed by atoms with Crippen LogP contribution in [0, 0.1) is 60.4 Å². The van der Waals surface area contributed by atoms with Crippen LogP contribution in [0.4, 0.5) is 35.1 Å². The fourth-order valence-corrected chi connectivity index (χ4v) is 7.89. The first kappa shape index (κ1) is 29.8. The Morgan fingerprint density at radius 3 is 1.03 bits per heavy atom. The second kappa shape index (κ2) is 12.7. The van der Waals surface area contributed by atoms with Crippen molar-refractivity contribution in [2.45, 2.75) is 53.8 Å². The van der Waals surface area contributed by atoms with E-state index in [2.05, 4.69) is 0 Å². The standard InChI is InChI=1S/2C8H5F4O.2C3H7O.Zr/c2*1-3-5(9)7(11)4(2-13)8(12)6(3)10;2*1-2-3-4;/h2*2H2,1H3;2*2-3H2,1H3;/q4*-1;+4. The molecule has 0 bridgehead atoms. The molecule has 0 aliphatic heterocycles. The van der Waals surface area contributed by atoms with E-state index >= 15 is 0 Å². The second-order valence-corrected chi connectivity index (χ2v) is 12.8. The van der Waals surface area contributed by atoms with E-state index in [9.17, 15) is 35.1 Å². The molecular weight excluding hydrogens is 571 g/mol. The molecule has 0 saturated heterocycles. The molecule has 0 atom stereocenters. The Bertz CT molecular complexity index is 925. The predicted molar refractivity (Wildman–Crippen MR) is 104 cm³/mol. The summed E-state index contributed by atoms with van der Waals surface area (Å²) in [6, 6.07) is 0. The van der Waals surface area contributed by atoms with Crippen molar-refractivity contribution >= 4 is 0 Å². The number of hydrogen-bond acceptors (Lipinski definition) is 4. The SMILES string of the molecule is CCC[O][Zr]([O]CCC)([O]Cc1c(F)c(F)c(C)c(F)c1F)[O]Cc1c(F)c(F)c(C)c(F)c1F. The predicted octanol–water partition coefficient (Wildman–Crippen LogP) is 6.82. The van der Waals surface area contributed by atoms with E-state index in [0.717, 1.165) is 13.8 Å². The molecule has 2 aromatic rings. The van der Waals surface area contributed by atoms with Crippen LogP contribution >= 0.6 is 0 Å². The van der Waals surface area contributed by atoms with Crippen molar-refractivity contribution in [1.29, 1.82) is 0 Å². The molecule has 0 spiro atoms. The normalized spacial score (nSPS) is 12.0. The topological polar surface area (TPSA) is 36.9 Å². The van der Waals surface area contributed by atoms with Crippen molar-refractivity contribution in [1.82, 2.24) is 0 Å². The van der Waals surface area contributed by atoms with Crippen LogP contribution in [-0.4, -0.2) is 13.2 Å². The number of rotatable bonds is 12. The molecule has 0 aromatic heterocycles. The molecular formula is C22H24F8O4Zr. The summed E-state index contributed by atoms with van der Waals surface area (Å²) in [6.07, 6.45) is 0.710. The number of halogens is 8. The van der Waals surface area contributed by atoms with Gasteiger partial charge in [-0.25, -0.2) is 0 Å². The third kappa shape index (κ3) is 6.49. The first-order valence-electron chi connectivity index (χ1n) is 10.6. The van der Waals surface area contributed by atoms with Gasteiger partial charge in [0.15, 0.2) is 0 Å². The molecule has 0 aliphatic carbocycles. The van der Waals surface area contributed by atoms with Gasteiger partial charge in [0.2, 0.25) is 0 Å². The average Bonchev–Trinajstić information content (AvgIpc) is 2.85. The van der Waals surface area contributed by atoms with Crippen molar-refractivity contribution in [2.24, 2.45) is 0 Å². The average molecular weight is 596 g/mol. The van der Waals surface area contributed by atoms with Gasteiger partial charge in [0.25, 0.3) is 0 Å². The zero-order valence-electron chi connectivity index (χ0n) is 19.4. The van der Waals surface area contributed by atoms with Gasteiger partial charge in [-0.2, -0.15) is 0 Å². The molecule has 0 heterocycles. The van der Waals surface area contributed by atoms with Crippen LogP contribution in [-0.2, 0) is 46.5 Å². The summed E-state index contributed by atoms with van der Waals surface area (Å²) < 4.78 is 135. The molecule has 4 nitrogen and oxygen atoms in total. The minimum atomic E-state index is -5.49. The Kier molecular flexibility index (Phi) is 10.8. The van der Waals surface area contributed by atoms with Crippen molar-refractivity contribution < 1.29 is 68.4 Å². The van der Waals surface area contributed by atoms with Crippen molar-refractivity contribution in [2.75, 3.05) is 13.2 Å². The second-order valence-electron chi connectivity index (χ2n) is 7.49. The summed E-state index contributed by atoms with van der Waals surface area (Å²) in [6.45, 7) is 2.60. The molecule has 13 heteroatoms. The Morgan fingerprint density at radius 1 is 0.486 bits per heavy atom. The molecule has 2 rings (SSSR count). The fraction of sp³-hybridized carbons (Fsp3) is 0.455. The van der Waals surface area contributed by atoms with Crippen LogP contribution in [0.5, 0.6) is 0 Å². The van der Waals surface area contributed by atoms with Gasteiger partial charge in [-0.3, -0.25) is 0 Å². The van der Waals surface area contributed by atoms with Gasteiger partial charge >= 0.3 is 204 Å². The van der Waals surface area contributed by atoms with Crippen LogP contribution in [0.25, 0.3) is 0 Å². The maximum absolute atomic E-state index is 14.3. The molecule has 196 valence electrons. The van der Waals surface area contributed by atoms with E-state index in [1.54, 1.807) is 13.8 Å². The van der Waals surface area contributed by atoms with Gasteiger partial charge in [0, 0.05) is 0 Å². The van der Waals surface area contributed by atoms with E-state index in [1.165, 1.54) is 0 Å². The number of benzene rings is 2. The summed E-state index contributed by atoms with van der Waals surface area (Å²) in [5.41, 5.74) is -4.01. The van der Waals surface area contributed by atoms with E-state index in [1.807, 2.05) is 0 Å². The molecule has 0 aliphatic rings. The molecule has 2 aromatic carbocycles. The van der Waals surface area contributed by atoms with Crippen LogP contribution in [0.1, 0.15) is 48.9 Å². The van der Waals surface area contributed by atoms with Gasteiger partial charge in [-0.05, 0) is 0 Å². The van der Waals surface area contributed by atoms with Gasteiger partial charge in [-0.15, -0.1) is 0 Å². The Morgan fingerprint density at radius 2 is 0.771 bits per heavy atom. The van der Waals surface area contributed by atoms with Gasteiger partial charge in [0.1, 0.15) is 0 Å². The van der Waals surface area contributed by atoms with Crippen LogP contribution in [0.15, 0.2) is 0 Å². The summed E-state index contributed by atoms with van der Waals surface area (Å²) >= 11 is -5.49. The van der Waals surface area contributed by atoms with Crippen molar-refractivity contribution in [3.05, 3.63) is 68.8 Å². The Balaban J connectivity index is 2.45. The molecule has 0 fully saturated rings. The molecule has 0 unspecified atom stereocenters. The quantitative estimate of drug-likeness (QED) is 0.200. The Hall–Kier alpha value is -1.40. The van der Waals surface area contributed by atoms with Gasteiger partial charge in [-0.1, -0.05) is 0 Å². The first-order chi connectivity index (χ1) is 16.4. The summed E-state index contributed by atoms with van der Waals surface area (Å²) in [4.78, 5) is 0. The molecule has 0 radical (unpaired) electrons. The zero-order chi connectivity index (χ0) is 26.5. The third-order valence-corrected chi connectivity index (χ3v) is 10.1. The van der Waals surface area contributed by atoms with Gasteiger partial charge < -0.3 is 0 Å². The van der Waals surface area contributed by atoms with Crippen LogP contribution in [0.2, 0.25) is 0 Å². The maximum atomic E-state index is 14.3. The summed E-state index contributed by atoms with van der Waals surface area (Å²) in [5.74, 6) is -13.4. The zero-order valence-corrected chi connectivity index (χ0v) is 21.9. The molecule has 35 heavy (non-hydrogen) atoms. The molecule has 0 saturated carbocycles.